The topological polar surface area (TPSA) is 17.0 Å². The minimum absolute atomic E-state index is 0.822. The number of nitrogens with zero attached hydrogens (tertiary/aromatic N) is 1. The Bertz CT molecular complexity index is 614. The van der Waals surface area contributed by atoms with Crippen LogP contribution >= 0.6 is 11.6 Å². The predicted octanol–water partition coefficient (Wildman–Crippen LogP) is 4.95. The first-order valence-corrected chi connectivity index (χ1v) is 8.08. The maximum Gasteiger partial charge on any atom is 0.0499 e. The number of aromatic nitrogens is 1. The molecule has 0 aliphatic heterocycles. The van der Waals surface area contributed by atoms with Gasteiger partial charge in [0.2, 0.25) is 0 Å². The molecule has 0 aliphatic rings. The average molecular weight is 305 g/mol. The molecule has 1 aromatic carbocycles. The summed E-state index contributed by atoms with van der Waals surface area (Å²) in [6, 6.07) is 8.37. The highest BCUT2D eigenvalue weighted by Crippen LogP contribution is 2.27. The Kier molecular flexibility index (Phi) is 5.49. The highest BCUT2D eigenvalue weighted by atomic mass is 35.5. The quantitative estimate of drug-likeness (QED) is 0.748. The van der Waals surface area contributed by atoms with Crippen LogP contribution in [-0.4, -0.2) is 11.1 Å². The molecule has 3 heteroatoms. The van der Waals surface area contributed by atoms with Crippen LogP contribution in [0.25, 0.3) is 5.69 Å². The molecule has 0 fully saturated rings. The fraction of sp³-hybridized carbons (Fsp3) is 0.444. The first kappa shape index (κ1) is 16.1. The molecule has 0 amide bonds. The van der Waals surface area contributed by atoms with Crippen LogP contribution in [-0.2, 0) is 6.54 Å². The van der Waals surface area contributed by atoms with Crippen molar-refractivity contribution in [2.75, 3.05) is 6.54 Å². The van der Waals surface area contributed by atoms with E-state index in [4.69, 9.17) is 11.6 Å². The number of rotatable bonds is 6. The highest BCUT2D eigenvalue weighted by molar-refractivity contribution is 6.31. The Morgan fingerprint density at radius 3 is 2.67 bits per heavy atom. The normalized spacial score (nSPS) is 11.1. The number of benzene rings is 1. The molecule has 2 nitrogen and oxygen atoms in total. The van der Waals surface area contributed by atoms with Crippen LogP contribution in [0, 0.1) is 20.8 Å². The molecule has 0 atom stereocenters. The van der Waals surface area contributed by atoms with E-state index in [1.165, 1.54) is 35.5 Å². The molecule has 0 unspecified atom stereocenters. The summed E-state index contributed by atoms with van der Waals surface area (Å²) in [4.78, 5) is 0. The van der Waals surface area contributed by atoms with Crippen LogP contribution in [0.1, 0.15) is 42.3 Å². The standard InChI is InChI=1S/C18H25ClN2/c1-5-6-10-20-12-16-11-13(2)21(15(16)4)18-9-7-8-17(19)14(18)3/h7-9,11,20H,5-6,10,12H2,1-4H3. The fourth-order valence-electron chi connectivity index (χ4n) is 2.74. The van der Waals surface area contributed by atoms with Crippen molar-refractivity contribution in [2.24, 2.45) is 0 Å². The van der Waals surface area contributed by atoms with Gasteiger partial charge in [0, 0.05) is 28.6 Å². The Morgan fingerprint density at radius 1 is 1.19 bits per heavy atom. The summed E-state index contributed by atoms with van der Waals surface area (Å²) in [6.07, 6.45) is 2.46. The second kappa shape index (κ2) is 7.15. The van der Waals surface area contributed by atoms with E-state index in [9.17, 15) is 0 Å². The third-order valence-electron chi connectivity index (χ3n) is 4.04. The molecule has 0 bridgehead atoms. The van der Waals surface area contributed by atoms with E-state index in [1.54, 1.807) is 0 Å². The van der Waals surface area contributed by atoms with Crippen molar-refractivity contribution in [3.8, 4) is 5.69 Å². The molecular weight excluding hydrogens is 280 g/mol. The number of hydrogen-bond donors (Lipinski definition) is 1. The lowest BCUT2D eigenvalue weighted by Crippen LogP contribution is -2.15. The van der Waals surface area contributed by atoms with Gasteiger partial charge >= 0.3 is 0 Å². The third kappa shape index (κ3) is 3.50. The van der Waals surface area contributed by atoms with Crippen molar-refractivity contribution in [3.63, 3.8) is 0 Å². The number of halogens is 1. The maximum atomic E-state index is 6.27. The molecule has 1 N–H and O–H groups in total. The first-order valence-electron chi connectivity index (χ1n) is 7.70. The molecule has 114 valence electrons. The fourth-order valence-corrected chi connectivity index (χ4v) is 2.91. The van der Waals surface area contributed by atoms with Crippen LogP contribution in [0.4, 0.5) is 0 Å². The van der Waals surface area contributed by atoms with E-state index in [0.29, 0.717) is 0 Å². The SMILES string of the molecule is CCCCNCc1cc(C)n(-c2cccc(Cl)c2C)c1C. The highest BCUT2D eigenvalue weighted by Gasteiger charge is 2.13. The Labute approximate surface area is 133 Å². The number of unbranched alkanes of at least 4 members (excludes halogenated alkanes) is 1. The van der Waals surface area contributed by atoms with Gasteiger partial charge in [0.05, 0.1) is 0 Å². The number of nitrogens with one attached hydrogen (secondary N) is 1. The minimum Gasteiger partial charge on any atom is -0.318 e. The lowest BCUT2D eigenvalue weighted by Gasteiger charge is -2.14. The molecule has 2 rings (SSSR count). The molecule has 1 heterocycles. The van der Waals surface area contributed by atoms with Gasteiger partial charge in [-0.1, -0.05) is 31.0 Å². The summed E-state index contributed by atoms with van der Waals surface area (Å²) in [5.41, 5.74) is 6.22. The summed E-state index contributed by atoms with van der Waals surface area (Å²) >= 11 is 6.27. The lowest BCUT2D eigenvalue weighted by atomic mass is 10.2. The second-order valence-electron chi connectivity index (χ2n) is 5.65. The molecule has 21 heavy (non-hydrogen) atoms. The summed E-state index contributed by atoms with van der Waals surface area (Å²) < 4.78 is 2.30. The van der Waals surface area contributed by atoms with Gasteiger partial charge in [0.15, 0.2) is 0 Å². The van der Waals surface area contributed by atoms with Crippen molar-refractivity contribution >= 4 is 11.6 Å². The third-order valence-corrected chi connectivity index (χ3v) is 4.45. The van der Waals surface area contributed by atoms with Gasteiger partial charge in [-0.3, -0.25) is 0 Å². The molecular formula is C18H25ClN2. The van der Waals surface area contributed by atoms with Crippen LogP contribution in [0.2, 0.25) is 5.02 Å². The van der Waals surface area contributed by atoms with Crippen molar-refractivity contribution in [1.29, 1.82) is 0 Å². The molecule has 0 spiro atoms. The zero-order chi connectivity index (χ0) is 15.4. The van der Waals surface area contributed by atoms with Gasteiger partial charge in [0.25, 0.3) is 0 Å². The molecule has 0 saturated heterocycles. The van der Waals surface area contributed by atoms with Crippen LogP contribution in [0.5, 0.6) is 0 Å². The summed E-state index contributed by atoms with van der Waals surface area (Å²) in [7, 11) is 0. The van der Waals surface area contributed by atoms with E-state index in [1.807, 2.05) is 12.1 Å². The van der Waals surface area contributed by atoms with Crippen LogP contribution in [0.15, 0.2) is 24.3 Å². The number of aryl methyl sites for hydroxylation is 1. The van der Waals surface area contributed by atoms with Crippen LogP contribution < -0.4 is 5.32 Å². The minimum atomic E-state index is 0.822. The Hall–Kier alpha value is -1.25. The van der Waals surface area contributed by atoms with E-state index in [-0.39, 0.29) is 0 Å². The van der Waals surface area contributed by atoms with E-state index in [0.717, 1.165) is 23.7 Å². The zero-order valence-corrected chi connectivity index (χ0v) is 14.2. The Morgan fingerprint density at radius 2 is 1.95 bits per heavy atom. The van der Waals surface area contributed by atoms with E-state index in [2.05, 4.69) is 49.7 Å². The summed E-state index contributed by atoms with van der Waals surface area (Å²) in [5, 5.41) is 4.34. The molecule has 0 saturated carbocycles. The molecule has 0 aliphatic carbocycles. The summed E-state index contributed by atoms with van der Waals surface area (Å²) in [5.74, 6) is 0. The van der Waals surface area contributed by atoms with Crippen molar-refractivity contribution < 1.29 is 0 Å². The van der Waals surface area contributed by atoms with Gasteiger partial charge in [0.1, 0.15) is 0 Å². The predicted molar refractivity (Wildman–Crippen MR) is 91.6 cm³/mol. The zero-order valence-electron chi connectivity index (χ0n) is 13.5. The van der Waals surface area contributed by atoms with E-state index < -0.39 is 0 Å². The maximum absolute atomic E-state index is 6.27. The molecule has 1 aromatic heterocycles. The van der Waals surface area contributed by atoms with Crippen molar-refractivity contribution in [3.05, 3.63) is 51.8 Å². The lowest BCUT2D eigenvalue weighted by molar-refractivity contribution is 0.639. The largest absolute Gasteiger partial charge is 0.318 e. The molecule has 2 aromatic rings. The number of hydrogen-bond acceptors (Lipinski definition) is 1. The van der Waals surface area contributed by atoms with E-state index >= 15 is 0 Å². The van der Waals surface area contributed by atoms with Gasteiger partial charge in [-0.25, -0.2) is 0 Å². The smallest absolute Gasteiger partial charge is 0.0499 e. The van der Waals surface area contributed by atoms with Crippen LogP contribution in [0.3, 0.4) is 0 Å². The van der Waals surface area contributed by atoms with Gasteiger partial charge in [-0.15, -0.1) is 0 Å². The summed E-state index contributed by atoms with van der Waals surface area (Å²) in [6.45, 7) is 10.6. The van der Waals surface area contributed by atoms with Gasteiger partial charge in [-0.05, 0) is 63.1 Å². The second-order valence-corrected chi connectivity index (χ2v) is 6.05. The van der Waals surface area contributed by atoms with Crippen molar-refractivity contribution in [2.45, 2.75) is 47.1 Å². The monoisotopic (exact) mass is 304 g/mol. The van der Waals surface area contributed by atoms with Crippen molar-refractivity contribution in [1.82, 2.24) is 9.88 Å². The molecule has 0 radical (unpaired) electrons. The average Bonchev–Trinajstić information content (AvgIpc) is 2.73. The van der Waals surface area contributed by atoms with Gasteiger partial charge in [-0.2, -0.15) is 0 Å². The first-order chi connectivity index (χ1) is 10.1. The Balaban J connectivity index is 2.29. The van der Waals surface area contributed by atoms with Gasteiger partial charge < -0.3 is 9.88 Å².